The van der Waals surface area contributed by atoms with Crippen molar-refractivity contribution in [2.24, 2.45) is 0 Å². The molecule has 0 heterocycles. The lowest BCUT2D eigenvalue weighted by atomic mass is 10.3. The van der Waals surface area contributed by atoms with Gasteiger partial charge in [0.1, 0.15) is 0 Å². The second-order valence-electron chi connectivity index (χ2n) is 1.35. The van der Waals surface area contributed by atoms with E-state index in [0.29, 0.717) is 5.25 Å². The van der Waals surface area contributed by atoms with Gasteiger partial charge in [-0.25, -0.2) is 0 Å². The minimum absolute atomic E-state index is 0.567. The Labute approximate surface area is 63.7 Å². The molecule has 1 unspecified atom stereocenters. The molecule has 0 aromatic rings. The van der Waals surface area contributed by atoms with Crippen molar-refractivity contribution in [2.75, 3.05) is 0 Å². The summed E-state index contributed by atoms with van der Waals surface area (Å²) in [6.07, 6.45) is 3.09. The van der Waals surface area contributed by atoms with Crippen LogP contribution in [0.2, 0.25) is 0 Å². The largest absolute Gasteiger partial charge is 0.102 e. The van der Waals surface area contributed by atoms with E-state index in [9.17, 15) is 0 Å². The van der Waals surface area contributed by atoms with Gasteiger partial charge < -0.3 is 0 Å². The fraction of sp³-hybridized carbons (Fsp3) is 0.600. The fourth-order valence-corrected chi connectivity index (χ4v) is 2.62. The van der Waals surface area contributed by atoms with E-state index >= 15 is 0 Å². The maximum absolute atomic E-state index is 4.00. The number of hydrogen-bond acceptors (Lipinski definition) is 3. The Bertz CT molecular complexity index is 62.7. The quantitative estimate of drug-likeness (QED) is 0.387. The summed E-state index contributed by atoms with van der Waals surface area (Å²) >= 11 is 4.00. The van der Waals surface area contributed by atoms with Crippen LogP contribution < -0.4 is 0 Å². The summed E-state index contributed by atoms with van der Waals surface area (Å²) in [4.78, 5) is 0. The van der Waals surface area contributed by atoms with Crippen molar-refractivity contribution < 1.29 is 0 Å². The Balaban J connectivity index is 3.21. The van der Waals surface area contributed by atoms with E-state index in [0.717, 1.165) is 6.42 Å². The molecule has 0 aliphatic carbocycles. The molecular weight excluding hydrogens is 156 g/mol. The molecule has 0 aromatic heterocycles. The SMILES string of the molecule is C=CC(CC)SSS. The maximum Gasteiger partial charge on any atom is 0.0334 e. The van der Waals surface area contributed by atoms with Gasteiger partial charge in [0, 0.05) is 5.25 Å². The van der Waals surface area contributed by atoms with Crippen molar-refractivity contribution in [2.45, 2.75) is 18.6 Å². The summed E-state index contributed by atoms with van der Waals surface area (Å²) < 4.78 is 0. The summed E-state index contributed by atoms with van der Waals surface area (Å²) in [6.45, 7) is 5.82. The average Bonchev–Trinajstić information content (AvgIpc) is 1.83. The first-order valence-corrected chi connectivity index (χ1v) is 5.71. The second kappa shape index (κ2) is 5.92. The lowest BCUT2D eigenvalue weighted by Gasteiger charge is -2.02. The third kappa shape index (κ3) is 3.75. The van der Waals surface area contributed by atoms with Crippen molar-refractivity contribution in [3.05, 3.63) is 12.7 Å². The normalized spacial score (nSPS) is 13.2. The van der Waals surface area contributed by atoms with Gasteiger partial charge in [-0.15, -0.1) is 6.58 Å². The molecule has 0 aromatic carbocycles. The molecule has 0 bridgehead atoms. The molecule has 0 radical (unpaired) electrons. The van der Waals surface area contributed by atoms with Crippen LogP contribution in [-0.4, -0.2) is 5.25 Å². The van der Waals surface area contributed by atoms with Crippen LogP contribution in [0.5, 0.6) is 0 Å². The van der Waals surface area contributed by atoms with E-state index in [-0.39, 0.29) is 0 Å². The van der Waals surface area contributed by atoms with Gasteiger partial charge in [0.25, 0.3) is 0 Å². The van der Waals surface area contributed by atoms with Crippen molar-refractivity contribution in [1.82, 2.24) is 0 Å². The zero-order valence-corrected chi connectivity index (χ0v) is 7.36. The molecule has 0 nitrogen and oxygen atoms in total. The minimum atomic E-state index is 0.567. The summed E-state index contributed by atoms with van der Waals surface area (Å²) in [5.74, 6) is 0. The Morgan fingerprint density at radius 1 is 1.88 bits per heavy atom. The Hall–Kier alpha value is 0.790. The van der Waals surface area contributed by atoms with Crippen molar-refractivity contribution in [1.29, 1.82) is 0 Å². The number of rotatable bonds is 4. The highest BCUT2D eigenvalue weighted by molar-refractivity contribution is 9.05. The van der Waals surface area contributed by atoms with Crippen molar-refractivity contribution in [3.8, 4) is 0 Å². The molecule has 0 saturated heterocycles. The zero-order chi connectivity index (χ0) is 6.41. The highest BCUT2D eigenvalue weighted by Crippen LogP contribution is 2.31. The lowest BCUT2D eigenvalue weighted by molar-refractivity contribution is 0.985. The monoisotopic (exact) mass is 166 g/mol. The molecule has 0 amide bonds. The Morgan fingerprint density at radius 3 is 2.62 bits per heavy atom. The predicted octanol–water partition coefficient (Wildman–Crippen LogP) is 3.18. The van der Waals surface area contributed by atoms with Gasteiger partial charge in [-0.2, -0.15) is 0 Å². The predicted molar refractivity (Wildman–Crippen MR) is 48.4 cm³/mol. The van der Waals surface area contributed by atoms with Crippen LogP contribution in [-0.2, 0) is 0 Å². The molecule has 0 aliphatic rings. The highest BCUT2D eigenvalue weighted by Gasteiger charge is 1.97. The van der Waals surface area contributed by atoms with Gasteiger partial charge in [-0.3, -0.25) is 0 Å². The first-order valence-electron chi connectivity index (χ1n) is 2.44. The van der Waals surface area contributed by atoms with Crippen LogP contribution in [0.1, 0.15) is 13.3 Å². The van der Waals surface area contributed by atoms with Crippen LogP contribution in [0.3, 0.4) is 0 Å². The summed E-state index contributed by atoms with van der Waals surface area (Å²) in [6, 6.07) is 0. The van der Waals surface area contributed by atoms with E-state index in [1.165, 1.54) is 9.83 Å². The molecule has 0 saturated carbocycles. The van der Waals surface area contributed by atoms with Gasteiger partial charge in [0.05, 0.1) is 0 Å². The standard InChI is InChI=1S/C5H10S3/c1-3-5(4-2)7-8-6/h3,5-6H,1,4H2,2H3. The third-order valence-electron chi connectivity index (χ3n) is 0.832. The fourth-order valence-electron chi connectivity index (χ4n) is 0.329. The van der Waals surface area contributed by atoms with E-state index in [1.807, 2.05) is 6.08 Å². The Kier molecular flexibility index (Phi) is 6.50. The zero-order valence-electron chi connectivity index (χ0n) is 4.83. The third-order valence-corrected chi connectivity index (χ3v) is 3.47. The average molecular weight is 166 g/mol. The molecule has 0 rings (SSSR count). The second-order valence-corrected chi connectivity index (χ2v) is 4.67. The van der Waals surface area contributed by atoms with Crippen molar-refractivity contribution in [3.63, 3.8) is 0 Å². The van der Waals surface area contributed by atoms with Crippen LogP contribution in [0.15, 0.2) is 12.7 Å². The summed E-state index contributed by atoms with van der Waals surface area (Å²) in [7, 11) is 3.24. The lowest BCUT2D eigenvalue weighted by Crippen LogP contribution is -1.89. The number of hydrogen-bond donors (Lipinski definition) is 1. The topological polar surface area (TPSA) is 0 Å². The van der Waals surface area contributed by atoms with Crippen molar-refractivity contribution >= 4 is 32.3 Å². The van der Waals surface area contributed by atoms with E-state index in [4.69, 9.17) is 0 Å². The van der Waals surface area contributed by atoms with Crippen LogP contribution >= 0.6 is 32.3 Å². The minimum Gasteiger partial charge on any atom is -0.102 e. The molecule has 48 valence electrons. The van der Waals surface area contributed by atoms with E-state index in [2.05, 4.69) is 25.2 Å². The first-order chi connectivity index (χ1) is 3.85. The van der Waals surface area contributed by atoms with Gasteiger partial charge >= 0.3 is 0 Å². The van der Waals surface area contributed by atoms with Gasteiger partial charge in [0.2, 0.25) is 0 Å². The maximum atomic E-state index is 4.00. The van der Waals surface area contributed by atoms with Crippen LogP contribution in [0.4, 0.5) is 0 Å². The van der Waals surface area contributed by atoms with Gasteiger partial charge in [-0.1, -0.05) is 35.5 Å². The molecule has 0 N–H and O–H groups in total. The Morgan fingerprint density at radius 2 is 2.50 bits per heavy atom. The molecule has 0 spiro atoms. The molecule has 1 atom stereocenters. The van der Waals surface area contributed by atoms with Gasteiger partial charge in [0.15, 0.2) is 0 Å². The highest BCUT2D eigenvalue weighted by atomic mass is 33.5. The summed E-state index contributed by atoms with van der Waals surface area (Å²) in [5, 5.41) is 0.567. The smallest absolute Gasteiger partial charge is 0.0334 e. The molecular formula is C5H10S3. The molecule has 0 aliphatic heterocycles. The van der Waals surface area contributed by atoms with E-state index in [1.54, 1.807) is 10.8 Å². The van der Waals surface area contributed by atoms with Gasteiger partial charge in [-0.05, 0) is 16.2 Å². The van der Waals surface area contributed by atoms with Crippen LogP contribution in [0, 0.1) is 0 Å². The molecule has 3 heteroatoms. The van der Waals surface area contributed by atoms with E-state index < -0.39 is 0 Å². The molecule has 0 fully saturated rings. The first kappa shape index (κ1) is 8.79. The molecule has 8 heavy (non-hydrogen) atoms. The number of thiol groups is 1. The summed E-state index contributed by atoms with van der Waals surface area (Å²) in [5.41, 5.74) is 0. The van der Waals surface area contributed by atoms with Crippen LogP contribution in [0.25, 0.3) is 0 Å².